The number of hydrogen-bond donors (Lipinski definition) is 1. The number of rotatable bonds is 8. The van der Waals surface area contributed by atoms with Crippen molar-refractivity contribution in [2.45, 2.75) is 36.9 Å². The average molecular weight is 459 g/mol. The van der Waals surface area contributed by atoms with E-state index in [0.29, 0.717) is 5.69 Å². The number of nitrogens with zero attached hydrogens (tertiary/aromatic N) is 3. The molecule has 1 N–H and O–H groups in total. The molecule has 2 aromatic carbocycles. The Morgan fingerprint density at radius 1 is 1.16 bits per heavy atom. The first kappa shape index (κ1) is 23.1. The minimum absolute atomic E-state index is 0.145. The molecular weight excluding hydrogens is 432 g/mol. The van der Waals surface area contributed by atoms with Crippen molar-refractivity contribution in [3.63, 3.8) is 0 Å². The second-order valence-electron chi connectivity index (χ2n) is 7.34. The summed E-state index contributed by atoms with van der Waals surface area (Å²) in [7, 11) is -2.00. The summed E-state index contributed by atoms with van der Waals surface area (Å²) in [5.41, 5.74) is 2.68. The van der Waals surface area contributed by atoms with E-state index < -0.39 is 10.0 Å². The highest BCUT2D eigenvalue weighted by Crippen LogP contribution is 2.23. The quantitative estimate of drug-likeness (QED) is 0.517. The van der Waals surface area contributed by atoms with Gasteiger partial charge in [0.25, 0.3) is 0 Å². The zero-order chi connectivity index (χ0) is 22.6. The molecule has 0 aliphatic heterocycles. The number of carbonyl (C=O) groups is 1. The number of sulfonamides is 1. The maximum absolute atomic E-state index is 12.5. The minimum atomic E-state index is -3.55. The number of anilines is 1. The van der Waals surface area contributed by atoms with Gasteiger partial charge in [-0.3, -0.25) is 9.36 Å². The average Bonchev–Trinajstić information content (AvgIpc) is 3.20. The Kier molecular flexibility index (Phi) is 7.19. The lowest BCUT2D eigenvalue weighted by Crippen LogP contribution is -2.33. The summed E-state index contributed by atoms with van der Waals surface area (Å²) in [5.74, 6) is -0.0156. The first-order valence-electron chi connectivity index (χ1n) is 9.80. The molecule has 0 aliphatic rings. The van der Waals surface area contributed by atoms with Crippen LogP contribution in [-0.4, -0.2) is 47.0 Å². The number of aryl methyl sites for hydroxylation is 1. The van der Waals surface area contributed by atoms with Gasteiger partial charge in [-0.1, -0.05) is 30.0 Å². The molecule has 0 spiro atoms. The molecule has 31 heavy (non-hydrogen) atoms. The van der Waals surface area contributed by atoms with Crippen LogP contribution in [0.1, 0.15) is 19.4 Å². The van der Waals surface area contributed by atoms with Crippen molar-refractivity contribution in [1.82, 2.24) is 13.9 Å². The van der Waals surface area contributed by atoms with Crippen LogP contribution in [0.2, 0.25) is 0 Å². The molecule has 0 saturated carbocycles. The SMILES string of the molecule is Cc1ccccc1-n1ccnc1SCC(=O)Nc1ccc(S(=O)(=O)N(C)C(C)C)cc1. The van der Waals surface area contributed by atoms with Crippen LogP contribution in [0.15, 0.2) is 71.0 Å². The summed E-state index contributed by atoms with van der Waals surface area (Å²) in [4.78, 5) is 17.0. The Hall–Kier alpha value is -2.62. The van der Waals surface area contributed by atoms with E-state index in [4.69, 9.17) is 0 Å². The lowest BCUT2D eigenvalue weighted by molar-refractivity contribution is -0.113. The van der Waals surface area contributed by atoms with Crippen LogP contribution in [0.5, 0.6) is 0 Å². The monoisotopic (exact) mass is 458 g/mol. The number of carbonyl (C=O) groups excluding carboxylic acids is 1. The van der Waals surface area contributed by atoms with E-state index in [1.807, 2.05) is 55.8 Å². The van der Waals surface area contributed by atoms with Crippen LogP contribution in [0.3, 0.4) is 0 Å². The van der Waals surface area contributed by atoms with Crippen LogP contribution in [0.25, 0.3) is 5.69 Å². The van der Waals surface area contributed by atoms with E-state index in [1.165, 1.54) is 28.2 Å². The van der Waals surface area contributed by atoms with Crippen molar-refractivity contribution in [1.29, 1.82) is 0 Å². The number of thioether (sulfide) groups is 1. The topological polar surface area (TPSA) is 84.3 Å². The first-order chi connectivity index (χ1) is 14.7. The van der Waals surface area contributed by atoms with Crippen molar-refractivity contribution in [3.8, 4) is 5.69 Å². The van der Waals surface area contributed by atoms with Gasteiger partial charge in [0.1, 0.15) is 0 Å². The van der Waals surface area contributed by atoms with Gasteiger partial charge in [-0.25, -0.2) is 13.4 Å². The third-order valence-electron chi connectivity index (χ3n) is 4.86. The number of nitrogens with one attached hydrogen (secondary N) is 1. The van der Waals surface area contributed by atoms with Gasteiger partial charge in [0.05, 0.1) is 16.3 Å². The molecule has 0 fully saturated rings. The molecule has 9 heteroatoms. The number of benzene rings is 2. The van der Waals surface area contributed by atoms with Gasteiger partial charge in [0, 0.05) is 31.2 Å². The third-order valence-corrected chi connectivity index (χ3v) is 7.87. The van der Waals surface area contributed by atoms with E-state index in [9.17, 15) is 13.2 Å². The van der Waals surface area contributed by atoms with Crippen molar-refractivity contribution in [2.24, 2.45) is 0 Å². The highest BCUT2D eigenvalue weighted by molar-refractivity contribution is 7.99. The fourth-order valence-electron chi connectivity index (χ4n) is 2.89. The van der Waals surface area contributed by atoms with Crippen LogP contribution in [0, 0.1) is 6.92 Å². The predicted molar refractivity (Wildman–Crippen MR) is 124 cm³/mol. The Bertz CT molecular complexity index is 1160. The fourth-order valence-corrected chi connectivity index (χ4v) is 5.03. The molecule has 0 atom stereocenters. The second-order valence-corrected chi connectivity index (χ2v) is 10.3. The molecule has 164 valence electrons. The van der Waals surface area contributed by atoms with Crippen LogP contribution < -0.4 is 5.32 Å². The molecule has 0 saturated heterocycles. The van der Waals surface area contributed by atoms with Gasteiger partial charge in [-0.05, 0) is 56.7 Å². The zero-order valence-electron chi connectivity index (χ0n) is 17.9. The van der Waals surface area contributed by atoms with E-state index >= 15 is 0 Å². The number of hydrogen-bond acceptors (Lipinski definition) is 5. The second kappa shape index (κ2) is 9.67. The van der Waals surface area contributed by atoms with Crippen molar-refractivity contribution in [3.05, 3.63) is 66.5 Å². The highest BCUT2D eigenvalue weighted by atomic mass is 32.2. The Balaban J connectivity index is 1.63. The fraction of sp³-hybridized carbons (Fsp3) is 0.273. The molecule has 0 unspecified atom stereocenters. The Morgan fingerprint density at radius 3 is 2.48 bits per heavy atom. The summed E-state index contributed by atoms with van der Waals surface area (Å²) in [6.07, 6.45) is 3.58. The largest absolute Gasteiger partial charge is 0.325 e. The van der Waals surface area contributed by atoms with Crippen LogP contribution in [-0.2, 0) is 14.8 Å². The molecule has 3 aromatic rings. The van der Waals surface area contributed by atoms with E-state index in [0.717, 1.165) is 16.4 Å². The van der Waals surface area contributed by atoms with Gasteiger partial charge in [0.15, 0.2) is 5.16 Å². The maximum Gasteiger partial charge on any atom is 0.243 e. The van der Waals surface area contributed by atoms with Gasteiger partial charge in [0.2, 0.25) is 15.9 Å². The van der Waals surface area contributed by atoms with Gasteiger partial charge in [-0.2, -0.15) is 4.31 Å². The van der Waals surface area contributed by atoms with Gasteiger partial charge in [-0.15, -0.1) is 0 Å². The summed E-state index contributed by atoms with van der Waals surface area (Å²) >= 11 is 1.34. The Morgan fingerprint density at radius 2 is 1.84 bits per heavy atom. The molecule has 1 amide bonds. The van der Waals surface area contributed by atoms with Crippen LogP contribution in [0.4, 0.5) is 5.69 Å². The molecule has 1 aromatic heterocycles. The number of aromatic nitrogens is 2. The third kappa shape index (κ3) is 5.36. The summed E-state index contributed by atoms with van der Waals surface area (Å²) in [6, 6.07) is 14.0. The molecule has 7 nitrogen and oxygen atoms in total. The molecule has 3 rings (SSSR count). The van der Waals surface area contributed by atoms with E-state index in [-0.39, 0.29) is 22.6 Å². The minimum Gasteiger partial charge on any atom is -0.325 e. The highest BCUT2D eigenvalue weighted by Gasteiger charge is 2.22. The molecule has 0 radical (unpaired) electrons. The first-order valence-corrected chi connectivity index (χ1v) is 12.2. The number of amides is 1. The summed E-state index contributed by atoms with van der Waals surface area (Å²) < 4.78 is 28.3. The molecule has 0 aliphatic carbocycles. The smallest absolute Gasteiger partial charge is 0.243 e. The predicted octanol–water partition coefficient (Wildman–Crippen LogP) is 3.94. The normalized spacial score (nSPS) is 11.8. The Labute approximate surface area is 187 Å². The summed E-state index contributed by atoms with van der Waals surface area (Å²) in [6.45, 7) is 5.65. The van der Waals surface area contributed by atoms with Crippen molar-refractivity contribution >= 4 is 33.4 Å². The summed E-state index contributed by atoms with van der Waals surface area (Å²) in [5, 5.41) is 3.53. The van der Waals surface area contributed by atoms with Crippen LogP contribution >= 0.6 is 11.8 Å². The van der Waals surface area contributed by atoms with Gasteiger partial charge < -0.3 is 5.32 Å². The number of imidazole rings is 1. The van der Waals surface area contributed by atoms with Gasteiger partial charge >= 0.3 is 0 Å². The molecule has 1 heterocycles. The molecular formula is C22H26N4O3S2. The standard InChI is InChI=1S/C22H26N4O3S2/c1-16(2)25(4)31(28,29)19-11-9-18(10-12-19)24-21(27)15-30-22-23-13-14-26(22)20-8-6-5-7-17(20)3/h5-14,16H,15H2,1-4H3,(H,24,27). The van der Waals surface area contributed by atoms with Crippen molar-refractivity contribution < 1.29 is 13.2 Å². The molecule has 0 bridgehead atoms. The maximum atomic E-state index is 12.5. The van der Waals surface area contributed by atoms with E-state index in [1.54, 1.807) is 25.4 Å². The lowest BCUT2D eigenvalue weighted by Gasteiger charge is -2.21. The lowest BCUT2D eigenvalue weighted by atomic mass is 10.2. The number of para-hydroxylation sites is 1. The zero-order valence-corrected chi connectivity index (χ0v) is 19.6. The van der Waals surface area contributed by atoms with E-state index in [2.05, 4.69) is 10.3 Å². The van der Waals surface area contributed by atoms with Crippen molar-refractivity contribution in [2.75, 3.05) is 18.1 Å².